The van der Waals surface area contributed by atoms with Crippen molar-refractivity contribution in [3.05, 3.63) is 0 Å². The quantitative estimate of drug-likeness (QED) is 0.830. The molecule has 0 aromatic heterocycles. The molecule has 2 rings (SSSR count). The fourth-order valence-electron chi connectivity index (χ4n) is 2.14. The molecule has 0 aliphatic carbocycles. The summed E-state index contributed by atoms with van der Waals surface area (Å²) in [5, 5.41) is 4.27. The minimum Gasteiger partial charge on any atom is -0.364 e. The third-order valence-electron chi connectivity index (χ3n) is 3.12. The fourth-order valence-corrected chi connectivity index (χ4v) is 3.00. The maximum Gasteiger partial charge on any atom is 0.224 e. The molecule has 0 aromatic carbocycles. The average Bonchev–Trinajstić information content (AvgIpc) is 2.41. The Morgan fingerprint density at radius 2 is 2.12 bits per heavy atom. The molecular formula is C12H21N3OS. The van der Waals surface area contributed by atoms with Crippen LogP contribution in [0.5, 0.6) is 0 Å². The predicted molar refractivity (Wildman–Crippen MR) is 72.4 cm³/mol. The van der Waals surface area contributed by atoms with Gasteiger partial charge in [0, 0.05) is 38.4 Å². The van der Waals surface area contributed by atoms with E-state index in [4.69, 9.17) is 0 Å². The van der Waals surface area contributed by atoms with Gasteiger partial charge in [0.05, 0.1) is 0 Å². The van der Waals surface area contributed by atoms with Crippen LogP contribution in [0.1, 0.15) is 32.1 Å². The number of hydrogen-bond donors (Lipinski definition) is 1. The molecule has 0 unspecified atom stereocenters. The van der Waals surface area contributed by atoms with E-state index in [-0.39, 0.29) is 0 Å². The highest BCUT2D eigenvalue weighted by molar-refractivity contribution is 8.13. The Hall–Kier alpha value is -0.710. The van der Waals surface area contributed by atoms with E-state index in [0.717, 1.165) is 37.1 Å². The minimum atomic E-state index is 0.290. The number of likely N-dealkylation sites (tertiary alicyclic amines) is 1. The number of nitrogens with one attached hydrogen (secondary N) is 1. The van der Waals surface area contributed by atoms with Crippen LogP contribution in [0.25, 0.3) is 0 Å². The van der Waals surface area contributed by atoms with Gasteiger partial charge in [0.2, 0.25) is 5.91 Å². The molecule has 17 heavy (non-hydrogen) atoms. The molecule has 5 heteroatoms. The van der Waals surface area contributed by atoms with Crippen molar-refractivity contribution in [2.24, 2.45) is 4.99 Å². The Balaban J connectivity index is 1.63. The van der Waals surface area contributed by atoms with E-state index in [0.29, 0.717) is 12.3 Å². The van der Waals surface area contributed by atoms with Crippen molar-refractivity contribution in [1.82, 2.24) is 10.2 Å². The van der Waals surface area contributed by atoms with Gasteiger partial charge in [-0.3, -0.25) is 9.79 Å². The number of carbonyl (C=O) groups excluding carboxylic acids is 1. The van der Waals surface area contributed by atoms with Gasteiger partial charge in [-0.05, 0) is 25.7 Å². The van der Waals surface area contributed by atoms with E-state index >= 15 is 0 Å². The van der Waals surface area contributed by atoms with Gasteiger partial charge in [-0.15, -0.1) is 0 Å². The first-order valence-corrected chi connectivity index (χ1v) is 7.54. The highest BCUT2D eigenvalue weighted by Gasteiger charge is 2.16. The highest BCUT2D eigenvalue weighted by Crippen LogP contribution is 2.11. The first-order chi connectivity index (χ1) is 8.36. The van der Waals surface area contributed by atoms with Gasteiger partial charge < -0.3 is 10.2 Å². The maximum absolute atomic E-state index is 11.9. The van der Waals surface area contributed by atoms with Gasteiger partial charge in [0.1, 0.15) is 0 Å². The lowest BCUT2D eigenvalue weighted by molar-refractivity contribution is -0.131. The second-order valence-corrected chi connectivity index (χ2v) is 5.59. The summed E-state index contributed by atoms with van der Waals surface area (Å²) in [4.78, 5) is 18.3. The van der Waals surface area contributed by atoms with E-state index in [2.05, 4.69) is 10.3 Å². The number of amidine groups is 1. The van der Waals surface area contributed by atoms with Gasteiger partial charge in [0.25, 0.3) is 0 Å². The number of piperidine rings is 1. The molecule has 2 heterocycles. The molecule has 0 saturated carbocycles. The molecular weight excluding hydrogens is 234 g/mol. The lowest BCUT2D eigenvalue weighted by Crippen LogP contribution is -2.37. The van der Waals surface area contributed by atoms with Crippen LogP contribution in [0.3, 0.4) is 0 Å². The molecule has 0 atom stereocenters. The summed E-state index contributed by atoms with van der Waals surface area (Å²) in [6.45, 7) is 3.56. The van der Waals surface area contributed by atoms with Gasteiger partial charge in [0.15, 0.2) is 5.17 Å². The van der Waals surface area contributed by atoms with Gasteiger partial charge in [-0.25, -0.2) is 0 Å². The zero-order chi connectivity index (χ0) is 11.9. The monoisotopic (exact) mass is 255 g/mol. The van der Waals surface area contributed by atoms with E-state index in [9.17, 15) is 4.79 Å². The van der Waals surface area contributed by atoms with Crippen LogP contribution in [0.4, 0.5) is 0 Å². The van der Waals surface area contributed by atoms with Crippen LogP contribution in [-0.4, -0.2) is 47.9 Å². The first kappa shape index (κ1) is 12.7. The van der Waals surface area contributed by atoms with E-state index < -0.39 is 0 Å². The van der Waals surface area contributed by atoms with E-state index in [1.54, 1.807) is 11.8 Å². The zero-order valence-corrected chi connectivity index (χ0v) is 11.1. The molecule has 4 nitrogen and oxygen atoms in total. The normalized spacial score (nSPS) is 20.9. The molecule has 1 saturated heterocycles. The lowest BCUT2D eigenvalue weighted by atomic mass is 10.1. The number of rotatable bonds is 3. The second kappa shape index (κ2) is 6.89. The molecule has 0 bridgehead atoms. The summed E-state index contributed by atoms with van der Waals surface area (Å²) in [5.74, 6) is 1.44. The van der Waals surface area contributed by atoms with Gasteiger partial charge >= 0.3 is 0 Å². The van der Waals surface area contributed by atoms with Crippen LogP contribution >= 0.6 is 11.8 Å². The Labute approximate surface area is 107 Å². The standard InChI is InChI=1S/C12H21N3OS/c16-11(15-8-2-1-3-9-15)5-7-14-12-13-6-4-10-17-12/h1-10H2,(H,13,14). The summed E-state index contributed by atoms with van der Waals surface area (Å²) in [5.41, 5.74) is 0. The highest BCUT2D eigenvalue weighted by atomic mass is 32.2. The molecule has 2 aliphatic rings. The topological polar surface area (TPSA) is 44.7 Å². The van der Waals surface area contributed by atoms with Crippen LogP contribution in [-0.2, 0) is 4.79 Å². The Morgan fingerprint density at radius 1 is 1.29 bits per heavy atom. The largest absolute Gasteiger partial charge is 0.364 e. The van der Waals surface area contributed by atoms with E-state index in [1.807, 2.05) is 4.90 Å². The third-order valence-corrected chi connectivity index (χ3v) is 4.16. The van der Waals surface area contributed by atoms with Crippen molar-refractivity contribution in [2.75, 3.05) is 31.9 Å². The third kappa shape index (κ3) is 4.22. The number of hydrogen-bond acceptors (Lipinski definition) is 4. The van der Waals surface area contributed by atoms with Crippen LogP contribution < -0.4 is 5.32 Å². The molecule has 1 amide bonds. The van der Waals surface area contributed by atoms with Crippen LogP contribution in [0.2, 0.25) is 0 Å². The molecule has 0 spiro atoms. The van der Waals surface area contributed by atoms with Crippen molar-refractivity contribution in [3.8, 4) is 0 Å². The van der Waals surface area contributed by atoms with Crippen LogP contribution in [0.15, 0.2) is 4.99 Å². The number of thioether (sulfide) groups is 1. The summed E-state index contributed by atoms with van der Waals surface area (Å²) in [6.07, 6.45) is 5.38. The lowest BCUT2D eigenvalue weighted by Gasteiger charge is -2.26. The van der Waals surface area contributed by atoms with Crippen molar-refractivity contribution in [1.29, 1.82) is 0 Å². The molecule has 0 radical (unpaired) electrons. The molecule has 1 N–H and O–H groups in total. The fraction of sp³-hybridized carbons (Fsp3) is 0.833. The van der Waals surface area contributed by atoms with Crippen molar-refractivity contribution < 1.29 is 4.79 Å². The minimum absolute atomic E-state index is 0.290. The predicted octanol–water partition coefficient (Wildman–Crippen LogP) is 1.47. The Bertz CT molecular complexity index is 287. The van der Waals surface area contributed by atoms with E-state index in [1.165, 1.54) is 25.7 Å². The average molecular weight is 255 g/mol. The molecule has 96 valence electrons. The first-order valence-electron chi connectivity index (χ1n) is 6.55. The summed E-state index contributed by atoms with van der Waals surface area (Å²) >= 11 is 1.76. The Kier molecular flexibility index (Phi) is 5.16. The molecule has 2 aliphatic heterocycles. The van der Waals surface area contributed by atoms with Crippen molar-refractivity contribution >= 4 is 22.8 Å². The summed E-state index contributed by atoms with van der Waals surface area (Å²) in [7, 11) is 0. The summed E-state index contributed by atoms with van der Waals surface area (Å²) < 4.78 is 0. The Morgan fingerprint density at radius 3 is 2.82 bits per heavy atom. The number of nitrogens with zero attached hydrogens (tertiary/aromatic N) is 2. The number of carbonyl (C=O) groups is 1. The second-order valence-electron chi connectivity index (χ2n) is 4.51. The van der Waals surface area contributed by atoms with Crippen LogP contribution in [0, 0.1) is 0 Å². The number of amides is 1. The smallest absolute Gasteiger partial charge is 0.224 e. The van der Waals surface area contributed by atoms with Gasteiger partial charge in [-0.1, -0.05) is 11.8 Å². The van der Waals surface area contributed by atoms with Crippen molar-refractivity contribution in [3.63, 3.8) is 0 Å². The van der Waals surface area contributed by atoms with Crippen molar-refractivity contribution in [2.45, 2.75) is 32.1 Å². The molecule has 1 fully saturated rings. The van der Waals surface area contributed by atoms with Gasteiger partial charge in [-0.2, -0.15) is 0 Å². The molecule has 0 aromatic rings. The SMILES string of the molecule is O=C(CCNC1=NCCCS1)N1CCCCC1. The summed E-state index contributed by atoms with van der Waals surface area (Å²) in [6, 6.07) is 0. The zero-order valence-electron chi connectivity index (χ0n) is 10.3. The number of aliphatic imine (C=N–C) groups is 1. The maximum atomic E-state index is 11.9.